The molecule has 0 saturated carbocycles. The zero-order valence-corrected chi connectivity index (χ0v) is 6.85. The van der Waals surface area contributed by atoms with Crippen LogP contribution in [0, 0.1) is 0 Å². The maximum absolute atomic E-state index is 4.95. The van der Waals surface area contributed by atoms with Crippen LogP contribution in [0.5, 0.6) is 0 Å². The molecule has 0 bridgehead atoms. The van der Waals surface area contributed by atoms with Gasteiger partial charge in [0.25, 0.3) is 0 Å². The highest BCUT2D eigenvalue weighted by atomic mass is 16.5. The van der Waals surface area contributed by atoms with Crippen molar-refractivity contribution >= 4 is 0 Å². The van der Waals surface area contributed by atoms with E-state index in [1.807, 2.05) is 26.0 Å². The van der Waals surface area contributed by atoms with Crippen LogP contribution in [0.15, 0.2) is 36.1 Å². The van der Waals surface area contributed by atoms with Crippen LogP contribution in [0.2, 0.25) is 0 Å². The molecule has 0 saturated heterocycles. The van der Waals surface area contributed by atoms with Crippen molar-refractivity contribution in [3.63, 3.8) is 0 Å². The van der Waals surface area contributed by atoms with Gasteiger partial charge in [-0.25, -0.2) is 0 Å². The van der Waals surface area contributed by atoms with Crippen molar-refractivity contribution in [1.29, 1.82) is 0 Å². The maximum atomic E-state index is 4.95. The Morgan fingerprint density at radius 2 is 1.90 bits per heavy atom. The molecule has 0 aliphatic rings. The van der Waals surface area contributed by atoms with Crippen LogP contribution in [0.3, 0.4) is 0 Å². The van der Waals surface area contributed by atoms with Crippen LogP contribution in [0.25, 0.3) is 0 Å². The van der Waals surface area contributed by atoms with Crippen LogP contribution in [-0.2, 0) is 4.74 Å². The van der Waals surface area contributed by atoms with Gasteiger partial charge in [0.05, 0.1) is 7.11 Å². The van der Waals surface area contributed by atoms with Gasteiger partial charge in [-0.3, -0.25) is 0 Å². The van der Waals surface area contributed by atoms with Crippen molar-refractivity contribution in [1.82, 2.24) is 0 Å². The zero-order valence-electron chi connectivity index (χ0n) is 6.85. The van der Waals surface area contributed by atoms with Gasteiger partial charge in [0.1, 0.15) is 5.76 Å². The average molecular weight is 138 g/mol. The van der Waals surface area contributed by atoms with Gasteiger partial charge >= 0.3 is 0 Å². The van der Waals surface area contributed by atoms with E-state index in [9.17, 15) is 0 Å². The Hall–Kier alpha value is -0.980. The topological polar surface area (TPSA) is 9.23 Å². The maximum Gasteiger partial charge on any atom is 0.118 e. The van der Waals surface area contributed by atoms with E-state index < -0.39 is 0 Å². The van der Waals surface area contributed by atoms with Crippen molar-refractivity contribution in [2.24, 2.45) is 0 Å². The first-order chi connectivity index (χ1) is 4.70. The summed E-state index contributed by atoms with van der Waals surface area (Å²) >= 11 is 0. The van der Waals surface area contributed by atoms with Gasteiger partial charge in [0, 0.05) is 0 Å². The molecular weight excluding hydrogens is 124 g/mol. The van der Waals surface area contributed by atoms with Crippen molar-refractivity contribution < 1.29 is 4.74 Å². The molecule has 0 radical (unpaired) electrons. The van der Waals surface area contributed by atoms with Gasteiger partial charge in [0.15, 0.2) is 0 Å². The van der Waals surface area contributed by atoms with Crippen molar-refractivity contribution in [2.75, 3.05) is 7.11 Å². The minimum atomic E-state index is 0.793. The van der Waals surface area contributed by atoms with E-state index in [4.69, 9.17) is 4.74 Å². The summed E-state index contributed by atoms with van der Waals surface area (Å²) in [5, 5.41) is 0. The highest BCUT2D eigenvalue weighted by Crippen LogP contribution is 1.98. The van der Waals surface area contributed by atoms with Gasteiger partial charge in [-0.15, -0.1) is 0 Å². The third-order valence-corrected chi connectivity index (χ3v) is 1.02. The number of ether oxygens (including phenoxy) is 1. The van der Waals surface area contributed by atoms with Gasteiger partial charge in [-0.2, -0.15) is 0 Å². The minimum Gasteiger partial charge on any atom is -0.497 e. The Morgan fingerprint density at radius 3 is 2.20 bits per heavy atom. The van der Waals surface area contributed by atoms with Crippen LogP contribution >= 0.6 is 0 Å². The number of methoxy groups -OCH3 is 1. The Balaban J connectivity index is 4.12. The molecular formula is C9H14O. The van der Waals surface area contributed by atoms with Crippen molar-refractivity contribution in [3.8, 4) is 0 Å². The number of allylic oxidation sites excluding steroid dienone is 4. The van der Waals surface area contributed by atoms with Crippen molar-refractivity contribution in [3.05, 3.63) is 36.1 Å². The first-order valence-corrected chi connectivity index (χ1v) is 3.22. The molecule has 0 aromatic rings. The second-order valence-corrected chi connectivity index (χ2v) is 2.22. The highest BCUT2D eigenvalue weighted by Gasteiger charge is 1.82. The standard InChI is InChI=1S/C9H14O/c1-5-9(10-4)7-6-8(2)3/h5-7H,1H2,2-4H3/b9-7+. The molecule has 0 aliphatic carbocycles. The fourth-order valence-electron chi connectivity index (χ4n) is 0.468. The molecule has 0 rings (SSSR count). The Morgan fingerprint density at radius 1 is 1.30 bits per heavy atom. The van der Waals surface area contributed by atoms with Crippen LogP contribution < -0.4 is 0 Å². The molecule has 0 atom stereocenters. The van der Waals surface area contributed by atoms with Gasteiger partial charge in [-0.05, 0) is 26.0 Å². The van der Waals surface area contributed by atoms with Crippen LogP contribution in [0.1, 0.15) is 13.8 Å². The predicted molar refractivity (Wildman–Crippen MR) is 44.7 cm³/mol. The lowest BCUT2D eigenvalue weighted by Crippen LogP contribution is -1.78. The summed E-state index contributed by atoms with van der Waals surface area (Å²) in [7, 11) is 1.63. The third-order valence-electron chi connectivity index (χ3n) is 1.02. The fraction of sp³-hybridized carbons (Fsp3) is 0.333. The summed E-state index contributed by atoms with van der Waals surface area (Å²) in [5.74, 6) is 0.793. The molecule has 0 aromatic carbocycles. The molecule has 1 heteroatoms. The van der Waals surface area contributed by atoms with E-state index in [0.717, 1.165) is 5.76 Å². The summed E-state index contributed by atoms with van der Waals surface area (Å²) < 4.78 is 4.95. The van der Waals surface area contributed by atoms with Crippen molar-refractivity contribution in [2.45, 2.75) is 13.8 Å². The molecule has 0 heterocycles. The third kappa shape index (κ3) is 3.96. The molecule has 0 fully saturated rings. The number of rotatable bonds is 3. The van der Waals surface area contributed by atoms with Gasteiger partial charge in [-0.1, -0.05) is 18.2 Å². The second-order valence-electron chi connectivity index (χ2n) is 2.22. The lowest BCUT2D eigenvalue weighted by molar-refractivity contribution is 0.307. The quantitative estimate of drug-likeness (QED) is 0.430. The minimum absolute atomic E-state index is 0.793. The Kier molecular flexibility index (Phi) is 4.38. The van der Waals surface area contributed by atoms with Crippen LogP contribution in [-0.4, -0.2) is 7.11 Å². The molecule has 0 unspecified atom stereocenters. The number of hydrogen-bond acceptors (Lipinski definition) is 1. The first kappa shape index (κ1) is 9.02. The van der Waals surface area contributed by atoms with E-state index in [-0.39, 0.29) is 0 Å². The fourth-order valence-corrected chi connectivity index (χ4v) is 0.468. The van der Waals surface area contributed by atoms with E-state index in [0.29, 0.717) is 0 Å². The lowest BCUT2D eigenvalue weighted by Gasteiger charge is -1.95. The average Bonchev–Trinajstić information content (AvgIpc) is 1.90. The molecule has 0 amide bonds. The van der Waals surface area contributed by atoms with E-state index in [1.165, 1.54) is 5.57 Å². The molecule has 0 aliphatic heterocycles. The summed E-state index contributed by atoms with van der Waals surface area (Å²) in [5.41, 5.74) is 1.25. The van der Waals surface area contributed by atoms with Crippen LogP contribution in [0.4, 0.5) is 0 Å². The summed E-state index contributed by atoms with van der Waals surface area (Å²) in [6.07, 6.45) is 5.56. The highest BCUT2D eigenvalue weighted by molar-refractivity contribution is 5.18. The molecule has 0 N–H and O–H groups in total. The van der Waals surface area contributed by atoms with Gasteiger partial charge < -0.3 is 4.74 Å². The van der Waals surface area contributed by atoms with E-state index in [2.05, 4.69) is 6.58 Å². The summed E-state index contributed by atoms with van der Waals surface area (Å²) in [4.78, 5) is 0. The zero-order chi connectivity index (χ0) is 7.98. The molecule has 0 aromatic heterocycles. The Bertz CT molecular complexity index is 160. The van der Waals surface area contributed by atoms with E-state index in [1.54, 1.807) is 13.2 Å². The monoisotopic (exact) mass is 138 g/mol. The largest absolute Gasteiger partial charge is 0.497 e. The van der Waals surface area contributed by atoms with Gasteiger partial charge in [0.2, 0.25) is 0 Å². The number of hydrogen-bond donors (Lipinski definition) is 0. The summed E-state index contributed by atoms with van der Waals surface area (Å²) in [6.45, 7) is 7.66. The Labute approximate surface area is 62.7 Å². The van der Waals surface area contributed by atoms with E-state index >= 15 is 0 Å². The molecule has 1 nitrogen and oxygen atoms in total. The predicted octanol–water partition coefficient (Wildman–Crippen LogP) is 2.67. The molecule has 0 spiro atoms. The lowest BCUT2D eigenvalue weighted by atomic mass is 10.3. The first-order valence-electron chi connectivity index (χ1n) is 3.22. The second kappa shape index (κ2) is 4.86. The summed E-state index contributed by atoms with van der Waals surface area (Å²) in [6, 6.07) is 0. The smallest absolute Gasteiger partial charge is 0.118 e. The SMILES string of the molecule is C=C/C(=C\C=C(C)C)OC. The molecule has 10 heavy (non-hydrogen) atoms. The normalized spacial score (nSPS) is 10.5. The molecule has 56 valence electrons.